The van der Waals surface area contributed by atoms with Crippen LogP contribution in [0.3, 0.4) is 0 Å². The average molecular weight is 419 g/mol. The van der Waals surface area contributed by atoms with E-state index in [2.05, 4.69) is 27.2 Å². The Morgan fingerprint density at radius 3 is 2.35 bits per heavy atom. The number of esters is 1. The lowest BCUT2D eigenvalue weighted by molar-refractivity contribution is -0.119. The van der Waals surface area contributed by atoms with Gasteiger partial charge < -0.3 is 15.0 Å². The van der Waals surface area contributed by atoms with E-state index in [-0.39, 0.29) is 12.5 Å². The lowest BCUT2D eigenvalue weighted by atomic mass is 9.99. The van der Waals surface area contributed by atoms with Crippen LogP contribution in [0.15, 0.2) is 61.2 Å². The number of ether oxygens (including phenoxy) is 1. The number of rotatable bonds is 6. The number of carbonyl (C=O) groups is 2. The van der Waals surface area contributed by atoms with E-state index in [1.807, 2.05) is 24.3 Å². The molecule has 1 N–H and O–H groups in total. The Morgan fingerprint density at radius 1 is 1.03 bits per heavy atom. The molecule has 0 unspecified atom stereocenters. The van der Waals surface area contributed by atoms with Crippen molar-refractivity contribution in [2.45, 2.75) is 19.8 Å². The molecule has 160 valence electrons. The first-order valence-electron chi connectivity index (χ1n) is 10.4. The molecule has 0 bridgehead atoms. The van der Waals surface area contributed by atoms with Crippen LogP contribution in [0.4, 0.5) is 11.4 Å². The summed E-state index contributed by atoms with van der Waals surface area (Å²) < 4.78 is 6.71. The number of nitrogens with one attached hydrogen (secondary N) is 1. The zero-order valence-electron chi connectivity index (χ0n) is 17.4. The Bertz CT molecular complexity index is 1010. The summed E-state index contributed by atoms with van der Waals surface area (Å²) in [5.41, 5.74) is 2.96. The van der Waals surface area contributed by atoms with Gasteiger partial charge in [-0.2, -0.15) is 5.10 Å². The molecule has 0 atom stereocenters. The molecule has 0 aliphatic carbocycles. The Kier molecular flexibility index (Phi) is 6.26. The second kappa shape index (κ2) is 9.42. The molecular weight excluding hydrogens is 394 g/mol. The Labute approximate surface area is 180 Å². The topological polar surface area (TPSA) is 89.4 Å². The molecule has 1 aliphatic heterocycles. The van der Waals surface area contributed by atoms with E-state index < -0.39 is 5.97 Å². The molecular formula is C23H25N5O3. The maximum absolute atomic E-state index is 12.2. The minimum atomic E-state index is -0.560. The predicted octanol–water partition coefficient (Wildman–Crippen LogP) is 3.30. The molecule has 1 aromatic heterocycles. The standard InChI is InChI=1S/C23H25N5O3/c1-17-10-12-27(13-11-17)20-8-4-19(5-9-20)26-22(29)14-31-23(30)18-2-6-21(7-3-18)28-16-24-15-25-28/h2-9,15-17H,10-14H2,1H3,(H,26,29). The molecule has 1 saturated heterocycles. The summed E-state index contributed by atoms with van der Waals surface area (Å²) in [6.07, 6.45) is 5.40. The van der Waals surface area contributed by atoms with Crippen molar-refractivity contribution < 1.29 is 14.3 Å². The van der Waals surface area contributed by atoms with Gasteiger partial charge in [0.05, 0.1) is 11.3 Å². The number of aromatic nitrogens is 3. The maximum atomic E-state index is 12.2. The van der Waals surface area contributed by atoms with Crippen molar-refractivity contribution in [1.82, 2.24) is 14.8 Å². The van der Waals surface area contributed by atoms with Crippen LogP contribution in [-0.4, -0.2) is 46.3 Å². The smallest absolute Gasteiger partial charge is 0.338 e. The Hall–Kier alpha value is -3.68. The number of piperidine rings is 1. The second-order valence-corrected chi connectivity index (χ2v) is 7.73. The second-order valence-electron chi connectivity index (χ2n) is 7.73. The first-order chi connectivity index (χ1) is 15.1. The third kappa shape index (κ3) is 5.28. The fourth-order valence-electron chi connectivity index (χ4n) is 3.53. The summed E-state index contributed by atoms with van der Waals surface area (Å²) >= 11 is 0. The third-order valence-electron chi connectivity index (χ3n) is 5.42. The molecule has 2 aromatic carbocycles. The molecule has 8 nitrogen and oxygen atoms in total. The third-order valence-corrected chi connectivity index (χ3v) is 5.42. The predicted molar refractivity (Wildman–Crippen MR) is 117 cm³/mol. The van der Waals surface area contributed by atoms with E-state index >= 15 is 0 Å². The summed E-state index contributed by atoms with van der Waals surface area (Å²) in [4.78, 5) is 30.6. The van der Waals surface area contributed by atoms with Crippen LogP contribution in [-0.2, 0) is 9.53 Å². The van der Waals surface area contributed by atoms with E-state index in [0.29, 0.717) is 11.3 Å². The number of hydrogen-bond acceptors (Lipinski definition) is 6. The van der Waals surface area contributed by atoms with Crippen molar-refractivity contribution in [2.75, 3.05) is 29.9 Å². The van der Waals surface area contributed by atoms with Crippen LogP contribution in [0.25, 0.3) is 5.69 Å². The van der Waals surface area contributed by atoms with Gasteiger partial charge in [0.1, 0.15) is 12.7 Å². The van der Waals surface area contributed by atoms with Crippen molar-refractivity contribution in [3.05, 3.63) is 66.7 Å². The molecule has 1 fully saturated rings. The molecule has 3 aromatic rings. The first-order valence-corrected chi connectivity index (χ1v) is 10.4. The lowest BCUT2D eigenvalue weighted by Gasteiger charge is -2.32. The number of nitrogens with zero attached hydrogens (tertiary/aromatic N) is 4. The highest BCUT2D eigenvalue weighted by atomic mass is 16.5. The largest absolute Gasteiger partial charge is 0.452 e. The van der Waals surface area contributed by atoms with Gasteiger partial charge in [0, 0.05) is 24.5 Å². The van der Waals surface area contributed by atoms with Gasteiger partial charge in [0.25, 0.3) is 5.91 Å². The molecule has 31 heavy (non-hydrogen) atoms. The molecule has 2 heterocycles. The van der Waals surface area contributed by atoms with Crippen molar-refractivity contribution in [3.63, 3.8) is 0 Å². The first kappa shape index (κ1) is 20.6. The van der Waals surface area contributed by atoms with Crippen LogP contribution < -0.4 is 10.2 Å². The van der Waals surface area contributed by atoms with Crippen molar-refractivity contribution in [2.24, 2.45) is 5.92 Å². The highest BCUT2D eigenvalue weighted by Gasteiger charge is 2.16. The minimum Gasteiger partial charge on any atom is -0.452 e. The summed E-state index contributed by atoms with van der Waals surface area (Å²) in [5.74, 6) is -0.161. The van der Waals surface area contributed by atoms with Gasteiger partial charge in [0.2, 0.25) is 0 Å². The van der Waals surface area contributed by atoms with E-state index in [1.165, 1.54) is 19.2 Å². The fourth-order valence-corrected chi connectivity index (χ4v) is 3.53. The van der Waals surface area contributed by atoms with Gasteiger partial charge in [-0.15, -0.1) is 0 Å². The van der Waals surface area contributed by atoms with Gasteiger partial charge in [-0.25, -0.2) is 14.5 Å². The summed E-state index contributed by atoms with van der Waals surface area (Å²) in [7, 11) is 0. The normalized spacial score (nSPS) is 14.3. The summed E-state index contributed by atoms with van der Waals surface area (Å²) in [6.45, 7) is 4.05. The lowest BCUT2D eigenvalue weighted by Crippen LogP contribution is -2.32. The quantitative estimate of drug-likeness (QED) is 0.617. The van der Waals surface area contributed by atoms with Crippen LogP contribution in [0.1, 0.15) is 30.1 Å². The monoisotopic (exact) mass is 419 g/mol. The van der Waals surface area contributed by atoms with Gasteiger partial charge in [-0.05, 0) is 67.3 Å². The summed E-state index contributed by atoms with van der Waals surface area (Å²) in [6, 6.07) is 14.5. The minimum absolute atomic E-state index is 0.352. The molecule has 1 amide bonds. The number of anilines is 2. The number of carbonyl (C=O) groups excluding carboxylic acids is 2. The highest BCUT2D eigenvalue weighted by Crippen LogP contribution is 2.24. The maximum Gasteiger partial charge on any atom is 0.338 e. The van der Waals surface area contributed by atoms with Crippen LogP contribution in [0.5, 0.6) is 0 Å². The zero-order chi connectivity index (χ0) is 21.6. The fraction of sp³-hybridized carbons (Fsp3) is 0.304. The number of hydrogen-bond donors (Lipinski definition) is 1. The Balaban J connectivity index is 1.25. The van der Waals surface area contributed by atoms with Crippen LogP contribution >= 0.6 is 0 Å². The molecule has 0 radical (unpaired) electrons. The summed E-state index contributed by atoms with van der Waals surface area (Å²) in [5, 5.41) is 6.79. The molecule has 0 spiro atoms. The number of amides is 1. The van der Waals surface area contributed by atoms with Crippen LogP contribution in [0.2, 0.25) is 0 Å². The van der Waals surface area contributed by atoms with Crippen molar-refractivity contribution in [3.8, 4) is 5.69 Å². The SMILES string of the molecule is CC1CCN(c2ccc(NC(=O)COC(=O)c3ccc(-n4cncn4)cc3)cc2)CC1. The van der Waals surface area contributed by atoms with Crippen LogP contribution in [0, 0.1) is 5.92 Å². The van der Waals surface area contributed by atoms with E-state index in [0.717, 1.165) is 30.4 Å². The molecule has 0 saturated carbocycles. The zero-order valence-corrected chi connectivity index (χ0v) is 17.4. The van der Waals surface area contributed by atoms with E-state index in [9.17, 15) is 9.59 Å². The van der Waals surface area contributed by atoms with Gasteiger partial charge in [-0.3, -0.25) is 4.79 Å². The average Bonchev–Trinajstić information content (AvgIpc) is 3.34. The van der Waals surface area contributed by atoms with Gasteiger partial charge >= 0.3 is 5.97 Å². The Morgan fingerprint density at radius 2 is 1.71 bits per heavy atom. The van der Waals surface area contributed by atoms with Crippen molar-refractivity contribution >= 4 is 23.3 Å². The van der Waals surface area contributed by atoms with E-state index in [1.54, 1.807) is 35.3 Å². The number of benzene rings is 2. The van der Waals surface area contributed by atoms with Gasteiger partial charge in [0.15, 0.2) is 6.61 Å². The van der Waals surface area contributed by atoms with E-state index in [4.69, 9.17) is 4.74 Å². The van der Waals surface area contributed by atoms with Crippen molar-refractivity contribution in [1.29, 1.82) is 0 Å². The molecule has 4 rings (SSSR count). The van der Waals surface area contributed by atoms with Gasteiger partial charge in [-0.1, -0.05) is 6.92 Å². The molecule has 1 aliphatic rings. The molecule has 8 heteroatoms. The highest BCUT2D eigenvalue weighted by molar-refractivity contribution is 5.95.